The van der Waals surface area contributed by atoms with E-state index in [9.17, 15) is 14.9 Å². The van der Waals surface area contributed by atoms with E-state index in [4.69, 9.17) is 4.74 Å². The van der Waals surface area contributed by atoms with E-state index in [-0.39, 0.29) is 12.2 Å². The molecule has 0 aliphatic heterocycles. The van der Waals surface area contributed by atoms with Gasteiger partial charge in [-0.25, -0.2) is 4.79 Å². The maximum absolute atomic E-state index is 13.1. The van der Waals surface area contributed by atoms with Crippen LogP contribution in [0.5, 0.6) is 0 Å². The fraction of sp³-hybridized carbons (Fsp3) is 0.308. The van der Waals surface area contributed by atoms with Gasteiger partial charge < -0.3 is 14.6 Å². The summed E-state index contributed by atoms with van der Waals surface area (Å²) in [6.07, 6.45) is 8.78. The van der Waals surface area contributed by atoms with Gasteiger partial charge in [0, 0.05) is 22.5 Å². The largest absolute Gasteiger partial charge is 0.462 e. The van der Waals surface area contributed by atoms with E-state index in [1.54, 1.807) is 25.4 Å². The molecule has 4 rings (SSSR count). The summed E-state index contributed by atoms with van der Waals surface area (Å²) < 4.78 is 7.29. The van der Waals surface area contributed by atoms with Crippen LogP contribution in [0.4, 0.5) is 5.00 Å². The number of nitriles is 1. The second-order valence-electron chi connectivity index (χ2n) is 8.13. The number of fused-ring (bicyclic) bond motifs is 1. The first-order valence-electron chi connectivity index (χ1n) is 11.3. The van der Waals surface area contributed by atoms with E-state index in [0.717, 1.165) is 58.8 Å². The number of ether oxygens (including phenoxy) is 1. The van der Waals surface area contributed by atoms with Crippen molar-refractivity contribution in [2.75, 3.05) is 11.9 Å². The Balaban J connectivity index is 1.66. The van der Waals surface area contributed by atoms with Crippen molar-refractivity contribution in [1.82, 2.24) is 9.55 Å². The van der Waals surface area contributed by atoms with Crippen molar-refractivity contribution in [3.8, 4) is 11.8 Å². The Hall–Kier alpha value is -3.70. The lowest BCUT2D eigenvalue weighted by Crippen LogP contribution is -2.16. The summed E-state index contributed by atoms with van der Waals surface area (Å²) in [5.41, 5.74) is 4.89. The van der Waals surface area contributed by atoms with Gasteiger partial charge in [0.25, 0.3) is 5.91 Å². The molecule has 1 aliphatic carbocycles. The highest BCUT2D eigenvalue weighted by Gasteiger charge is 2.28. The molecule has 0 saturated carbocycles. The van der Waals surface area contributed by atoms with E-state index in [2.05, 4.69) is 10.3 Å². The molecule has 1 amide bonds. The predicted octanol–water partition coefficient (Wildman–Crippen LogP) is 5.15. The first-order chi connectivity index (χ1) is 16.4. The van der Waals surface area contributed by atoms with Crippen LogP contribution in [0.15, 0.2) is 36.2 Å². The molecule has 3 aromatic rings. The number of hydrogen-bond acceptors (Lipinski definition) is 6. The fourth-order valence-corrected chi connectivity index (χ4v) is 5.64. The Morgan fingerprint density at radius 1 is 1.32 bits per heavy atom. The molecule has 0 unspecified atom stereocenters. The summed E-state index contributed by atoms with van der Waals surface area (Å²) >= 11 is 1.41. The number of aromatic nitrogens is 2. The van der Waals surface area contributed by atoms with Gasteiger partial charge in [0.15, 0.2) is 0 Å². The molecule has 3 aromatic heterocycles. The van der Waals surface area contributed by atoms with Crippen molar-refractivity contribution in [3.63, 3.8) is 0 Å². The number of amides is 1. The maximum Gasteiger partial charge on any atom is 0.341 e. The third-order valence-electron chi connectivity index (χ3n) is 5.92. The van der Waals surface area contributed by atoms with Gasteiger partial charge >= 0.3 is 5.97 Å². The van der Waals surface area contributed by atoms with Crippen molar-refractivity contribution in [3.05, 3.63) is 69.1 Å². The average Bonchev–Trinajstić information content (AvgIpc) is 3.33. The first kappa shape index (κ1) is 23.5. The standard InChI is InChI=1S/C26H26N4O3S/c1-4-33-26(32)23-21-9-5-6-10-22(21)34-25(23)29-24(31)19(14-27)13-18-12-16(2)30(17(18)3)20-8-7-11-28-15-20/h7-8,11-13,15H,4-6,9-10H2,1-3H3,(H,29,31)/b19-13+. The summed E-state index contributed by atoms with van der Waals surface area (Å²) in [7, 11) is 0. The predicted molar refractivity (Wildman–Crippen MR) is 132 cm³/mol. The monoisotopic (exact) mass is 474 g/mol. The molecule has 1 aliphatic rings. The molecule has 0 aromatic carbocycles. The van der Waals surface area contributed by atoms with Crippen LogP contribution in [-0.4, -0.2) is 28.0 Å². The Labute approximate surface area is 202 Å². The molecular formula is C26H26N4O3S. The van der Waals surface area contributed by atoms with Gasteiger partial charge in [-0.3, -0.25) is 9.78 Å². The second-order valence-corrected chi connectivity index (χ2v) is 9.24. The van der Waals surface area contributed by atoms with E-state index in [1.807, 2.05) is 42.7 Å². The Morgan fingerprint density at radius 2 is 2.12 bits per heavy atom. The van der Waals surface area contributed by atoms with Crippen LogP contribution in [0, 0.1) is 25.2 Å². The van der Waals surface area contributed by atoms with Crippen LogP contribution in [0.1, 0.15) is 57.5 Å². The van der Waals surface area contributed by atoms with Crippen LogP contribution < -0.4 is 5.32 Å². The van der Waals surface area contributed by atoms with E-state index in [1.165, 1.54) is 11.3 Å². The molecule has 174 valence electrons. The summed E-state index contributed by atoms with van der Waals surface area (Å²) in [5.74, 6) is -0.975. The first-order valence-corrected chi connectivity index (χ1v) is 12.1. The SMILES string of the molecule is CCOC(=O)c1c(NC(=O)/C(C#N)=C/c2cc(C)n(-c3cccnc3)c2C)sc2c1CCCC2. The van der Waals surface area contributed by atoms with Crippen LogP contribution in [0.3, 0.4) is 0 Å². The fourth-order valence-electron chi connectivity index (χ4n) is 4.36. The van der Waals surface area contributed by atoms with Crippen LogP contribution >= 0.6 is 11.3 Å². The molecule has 0 bridgehead atoms. The minimum atomic E-state index is -0.544. The van der Waals surface area contributed by atoms with Gasteiger partial charge in [-0.2, -0.15) is 5.26 Å². The minimum absolute atomic E-state index is 0.0346. The van der Waals surface area contributed by atoms with Gasteiger partial charge in [0.1, 0.15) is 16.6 Å². The summed E-state index contributed by atoms with van der Waals surface area (Å²) in [6.45, 7) is 5.91. The Morgan fingerprint density at radius 3 is 2.82 bits per heavy atom. The number of hydrogen-bond donors (Lipinski definition) is 1. The lowest BCUT2D eigenvalue weighted by molar-refractivity contribution is -0.112. The molecular weight excluding hydrogens is 448 g/mol. The van der Waals surface area contributed by atoms with E-state index >= 15 is 0 Å². The zero-order valence-corrected chi connectivity index (χ0v) is 20.3. The van der Waals surface area contributed by atoms with Gasteiger partial charge in [0.05, 0.1) is 24.1 Å². The molecule has 0 atom stereocenters. The number of pyridine rings is 1. The summed E-state index contributed by atoms with van der Waals surface area (Å²) in [6, 6.07) is 7.76. The molecule has 0 spiro atoms. The van der Waals surface area contributed by atoms with Crippen molar-refractivity contribution in [1.29, 1.82) is 5.26 Å². The van der Waals surface area contributed by atoms with Crippen LogP contribution in [0.25, 0.3) is 11.8 Å². The topological polar surface area (TPSA) is 97.0 Å². The number of aryl methyl sites for hydroxylation is 2. The van der Waals surface area contributed by atoms with Crippen LogP contribution in [-0.2, 0) is 22.4 Å². The Bertz CT molecular complexity index is 1310. The van der Waals surface area contributed by atoms with Gasteiger partial charge in [-0.05, 0) is 81.9 Å². The number of esters is 1. The summed E-state index contributed by atoms with van der Waals surface area (Å²) in [5, 5.41) is 13.0. The molecule has 0 radical (unpaired) electrons. The maximum atomic E-state index is 13.1. The number of rotatable bonds is 6. The lowest BCUT2D eigenvalue weighted by Gasteiger charge is -2.12. The molecule has 0 saturated heterocycles. The van der Waals surface area contributed by atoms with Gasteiger partial charge in [0.2, 0.25) is 0 Å². The minimum Gasteiger partial charge on any atom is -0.462 e. The van der Waals surface area contributed by atoms with E-state index < -0.39 is 11.9 Å². The highest BCUT2D eigenvalue weighted by atomic mass is 32.1. The molecule has 8 heteroatoms. The zero-order valence-electron chi connectivity index (χ0n) is 19.5. The molecule has 0 fully saturated rings. The van der Waals surface area contributed by atoms with E-state index in [0.29, 0.717) is 10.6 Å². The van der Waals surface area contributed by atoms with Crippen LogP contribution in [0.2, 0.25) is 0 Å². The smallest absolute Gasteiger partial charge is 0.341 e. The number of thiophene rings is 1. The van der Waals surface area contributed by atoms with Crippen molar-refractivity contribution < 1.29 is 14.3 Å². The third kappa shape index (κ3) is 4.52. The van der Waals surface area contributed by atoms with Crippen molar-refractivity contribution in [2.45, 2.75) is 46.5 Å². The third-order valence-corrected chi connectivity index (χ3v) is 7.12. The Kier molecular flexibility index (Phi) is 6.94. The number of anilines is 1. The van der Waals surface area contributed by atoms with Crippen molar-refractivity contribution in [2.24, 2.45) is 0 Å². The molecule has 34 heavy (non-hydrogen) atoms. The van der Waals surface area contributed by atoms with Crippen molar-refractivity contribution >= 4 is 34.3 Å². The lowest BCUT2D eigenvalue weighted by atomic mass is 9.95. The average molecular weight is 475 g/mol. The highest BCUT2D eigenvalue weighted by Crippen LogP contribution is 2.39. The molecule has 3 heterocycles. The molecule has 1 N–H and O–H groups in total. The van der Waals surface area contributed by atoms with Gasteiger partial charge in [-0.1, -0.05) is 0 Å². The highest BCUT2D eigenvalue weighted by molar-refractivity contribution is 7.17. The molecule has 7 nitrogen and oxygen atoms in total. The number of nitrogens with one attached hydrogen (secondary N) is 1. The quantitative estimate of drug-likeness (QED) is 0.303. The number of carbonyl (C=O) groups excluding carboxylic acids is 2. The number of carbonyl (C=O) groups is 2. The van der Waals surface area contributed by atoms with Gasteiger partial charge in [-0.15, -0.1) is 11.3 Å². The number of nitrogens with zero attached hydrogens (tertiary/aromatic N) is 3. The second kappa shape index (κ2) is 10.1. The normalized spacial score (nSPS) is 13.2. The zero-order chi connectivity index (χ0) is 24.2. The summed E-state index contributed by atoms with van der Waals surface area (Å²) in [4.78, 5) is 31.1.